The molecule has 18 heavy (non-hydrogen) atoms. The highest BCUT2D eigenvalue weighted by Crippen LogP contribution is 2.12. The van der Waals surface area contributed by atoms with Gasteiger partial charge in [0, 0.05) is 20.2 Å². The quantitative estimate of drug-likeness (QED) is 0.634. The van der Waals surface area contributed by atoms with E-state index < -0.39 is 0 Å². The number of methoxy groups -OCH3 is 1. The molecule has 0 bridgehead atoms. The lowest BCUT2D eigenvalue weighted by Gasteiger charge is -2.30. The molecule has 5 heteroatoms. The van der Waals surface area contributed by atoms with Crippen LogP contribution in [0.5, 0.6) is 0 Å². The molecule has 0 radical (unpaired) electrons. The summed E-state index contributed by atoms with van der Waals surface area (Å²) in [5.41, 5.74) is 0. The third kappa shape index (κ3) is 5.33. The van der Waals surface area contributed by atoms with Crippen molar-refractivity contribution in [2.45, 2.75) is 25.8 Å². The van der Waals surface area contributed by atoms with Crippen LogP contribution in [0, 0.1) is 5.92 Å². The number of carbonyl (C=O) groups excluding carboxylic acids is 1. The van der Waals surface area contributed by atoms with Gasteiger partial charge in [-0.2, -0.15) is 0 Å². The molecule has 0 aromatic rings. The molecule has 1 saturated heterocycles. The van der Waals surface area contributed by atoms with Gasteiger partial charge in [-0.25, -0.2) is 0 Å². The Hall–Kier alpha value is -0.650. The molecular weight excluding hydrogens is 230 g/mol. The van der Waals surface area contributed by atoms with Gasteiger partial charge in [0.05, 0.1) is 12.6 Å². The van der Waals surface area contributed by atoms with E-state index in [2.05, 4.69) is 15.5 Å². The van der Waals surface area contributed by atoms with Crippen LogP contribution in [0.4, 0.5) is 0 Å². The fourth-order valence-corrected chi connectivity index (χ4v) is 2.27. The van der Waals surface area contributed by atoms with E-state index >= 15 is 0 Å². The van der Waals surface area contributed by atoms with Gasteiger partial charge in [0.15, 0.2) is 0 Å². The summed E-state index contributed by atoms with van der Waals surface area (Å²) in [6.07, 6.45) is 2.50. The molecule has 2 unspecified atom stereocenters. The number of hydrogen-bond acceptors (Lipinski definition) is 4. The van der Waals surface area contributed by atoms with Gasteiger partial charge in [-0.15, -0.1) is 0 Å². The van der Waals surface area contributed by atoms with Gasteiger partial charge >= 0.3 is 0 Å². The zero-order valence-electron chi connectivity index (χ0n) is 11.9. The van der Waals surface area contributed by atoms with Gasteiger partial charge in [0.2, 0.25) is 5.91 Å². The van der Waals surface area contributed by atoms with E-state index in [0.29, 0.717) is 19.1 Å². The van der Waals surface area contributed by atoms with Crippen molar-refractivity contribution >= 4 is 5.91 Å². The molecule has 0 saturated carbocycles. The van der Waals surface area contributed by atoms with Crippen LogP contribution in [-0.2, 0) is 9.53 Å². The molecule has 1 amide bonds. The van der Waals surface area contributed by atoms with Crippen molar-refractivity contribution in [2.24, 2.45) is 5.92 Å². The van der Waals surface area contributed by atoms with E-state index in [1.165, 1.54) is 12.8 Å². The first-order valence-electron chi connectivity index (χ1n) is 6.82. The van der Waals surface area contributed by atoms with Crippen molar-refractivity contribution in [2.75, 3.05) is 46.9 Å². The van der Waals surface area contributed by atoms with Crippen molar-refractivity contribution in [3.63, 3.8) is 0 Å². The fourth-order valence-electron chi connectivity index (χ4n) is 2.27. The van der Waals surface area contributed by atoms with Gasteiger partial charge in [-0.05, 0) is 45.8 Å². The molecule has 0 aromatic heterocycles. The minimum atomic E-state index is -0.0798. The van der Waals surface area contributed by atoms with Crippen LogP contribution in [0.15, 0.2) is 0 Å². The average molecular weight is 257 g/mol. The lowest BCUT2D eigenvalue weighted by atomic mass is 9.99. The highest BCUT2D eigenvalue weighted by molar-refractivity contribution is 5.81. The van der Waals surface area contributed by atoms with Gasteiger partial charge in [-0.3, -0.25) is 9.69 Å². The number of carbonyl (C=O) groups is 1. The maximum absolute atomic E-state index is 11.9. The zero-order chi connectivity index (χ0) is 13.4. The third-order valence-electron chi connectivity index (χ3n) is 3.59. The van der Waals surface area contributed by atoms with Gasteiger partial charge in [0.1, 0.15) is 0 Å². The van der Waals surface area contributed by atoms with E-state index in [-0.39, 0.29) is 11.9 Å². The maximum atomic E-state index is 11.9. The Morgan fingerprint density at radius 1 is 1.61 bits per heavy atom. The summed E-state index contributed by atoms with van der Waals surface area (Å²) in [4.78, 5) is 14.0. The van der Waals surface area contributed by atoms with Crippen LogP contribution < -0.4 is 10.6 Å². The first-order valence-corrected chi connectivity index (χ1v) is 6.82. The number of ether oxygens (including phenoxy) is 1. The number of nitrogens with zero attached hydrogens (tertiary/aromatic N) is 1. The Labute approximate surface area is 110 Å². The first kappa shape index (κ1) is 15.4. The molecule has 1 aliphatic rings. The summed E-state index contributed by atoms with van der Waals surface area (Å²) in [5.74, 6) is 0.747. The van der Waals surface area contributed by atoms with Crippen LogP contribution in [0.1, 0.15) is 19.8 Å². The van der Waals surface area contributed by atoms with Crippen LogP contribution in [-0.4, -0.2) is 63.8 Å². The number of hydrogen-bond donors (Lipinski definition) is 2. The monoisotopic (exact) mass is 257 g/mol. The van der Waals surface area contributed by atoms with Gasteiger partial charge in [-0.1, -0.05) is 0 Å². The van der Waals surface area contributed by atoms with E-state index in [1.807, 2.05) is 14.0 Å². The SMILES string of the molecule is COCCNC(=O)C(C)N(C)CC1CCCNC1. The zero-order valence-corrected chi connectivity index (χ0v) is 11.9. The van der Waals surface area contributed by atoms with Crippen molar-refractivity contribution < 1.29 is 9.53 Å². The lowest BCUT2D eigenvalue weighted by molar-refractivity contribution is -0.125. The highest BCUT2D eigenvalue weighted by Gasteiger charge is 2.21. The predicted octanol–water partition coefficient (Wildman–Crippen LogP) is 0.0689. The van der Waals surface area contributed by atoms with Crippen LogP contribution in [0.2, 0.25) is 0 Å². The van der Waals surface area contributed by atoms with E-state index in [4.69, 9.17) is 4.74 Å². The maximum Gasteiger partial charge on any atom is 0.237 e. The van der Waals surface area contributed by atoms with Crippen molar-refractivity contribution in [1.29, 1.82) is 0 Å². The molecule has 2 N–H and O–H groups in total. The van der Waals surface area contributed by atoms with E-state index in [1.54, 1.807) is 7.11 Å². The number of rotatable bonds is 7. The van der Waals surface area contributed by atoms with Crippen LogP contribution in [0.25, 0.3) is 0 Å². The molecule has 0 spiro atoms. The Morgan fingerprint density at radius 3 is 3.00 bits per heavy atom. The molecule has 1 rings (SSSR count). The minimum Gasteiger partial charge on any atom is -0.383 e. The molecule has 1 heterocycles. The number of amides is 1. The van der Waals surface area contributed by atoms with Gasteiger partial charge < -0.3 is 15.4 Å². The smallest absolute Gasteiger partial charge is 0.237 e. The topological polar surface area (TPSA) is 53.6 Å². The largest absolute Gasteiger partial charge is 0.383 e. The standard InChI is InChI=1S/C13H27N3O2/c1-11(13(17)15-7-8-18-3)16(2)10-12-5-4-6-14-9-12/h11-12,14H,4-10H2,1-3H3,(H,15,17). The summed E-state index contributed by atoms with van der Waals surface area (Å²) in [6.45, 7) is 6.28. The number of nitrogens with one attached hydrogen (secondary N) is 2. The lowest BCUT2D eigenvalue weighted by Crippen LogP contribution is -2.47. The molecule has 1 fully saturated rings. The second-order valence-corrected chi connectivity index (χ2v) is 5.11. The molecule has 0 aliphatic carbocycles. The van der Waals surface area contributed by atoms with E-state index in [0.717, 1.165) is 19.6 Å². The summed E-state index contributed by atoms with van der Waals surface area (Å²) in [6, 6.07) is -0.0798. The second kappa shape index (κ2) is 8.45. The number of likely N-dealkylation sites (N-methyl/N-ethyl adjacent to an activating group) is 1. The molecule has 2 atom stereocenters. The Balaban J connectivity index is 2.25. The average Bonchev–Trinajstić information content (AvgIpc) is 2.39. The summed E-state index contributed by atoms with van der Waals surface area (Å²) in [7, 11) is 3.66. The Kier molecular flexibility index (Phi) is 7.23. The van der Waals surface area contributed by atoms with Crippen molar-refractivity contribution in [3.8, 4) is 0 Å². The summed E-state index contributed by atoms with van der Waals surface area (Å²) >= 11 is 0. The summed E-state index contributed by atoms with van der Waals surface area (Å²) < 4.78 is 4.92. The first-order chi connectivity index (χ1) is 8.65. The number of piperidine rings is 1. The van der Waals surface area contributed by atoms with Crippen molar-refractivity contribution in [3.05, 3.63) is 0 Å². The molecule has 1 aliphatic heterocycles. The molecule has 5 nitrogen and oxygen atoms in total. The third-order valence-corrected chi connectivity index (χ3v) is 3.59. The Bertz CT molecular complexity index is 242. The highest BCUT2D eigenvalue weighted by atomic mass is 16.5. The van der Waals surface area contributed by atoms with Crippen LogP contribution >= 0.6 is 0 Å². The normalized spacial score (nSPS) is 21.9. The van der Waals surface area contributed by atoms with Crippen molar-refractivity contribution in [1.82, 2.24) is 15.5 Å². The van der Waals surface area contributed by atoms with Gasteiger partial charge in [0.25, 0.3) is 0 Å². The Morgan fingerprint density at radius 2 is 2.39 bits per heavy atom. The fraction of sp³-hybridized carbons (Fsp3) is 0.923. The molecule has 106 valence electrons. The predicted molar refractivity (Wildman–Crippen MR) is 72.6 cm³/mol. The minimum absolute atomic E-state index is 0.0798. The van der Waals surface area contributed by atoms with Crippen LogP contribution in [0.3, 0.4) is 0 Å². The van der Waals surface area contributed by atoms with E-state index in [9.17, 15) is 4.79 Å². The molecule has 0 aromatic carbocycles. The summed E-state index contributed by atoms with van der Waals surface area (Å²) in [5, 5.41) is 6.29. The second-order valence-electron chi connectivity index (χ2n) is 5.11. The molecular formula is C13H27N3O2.